The summed E-state index contributed by atoms with van der Waals surface area (Å²) in [7, 11) is 4.10. The van der Waals surface area contributed by atoms with Gasteiger partial charge in [0, 0.05) is 45.6 Å². The van der Waals surface area contributed by atoms with Gasteiger partial charge in [0.15, 0.2) is 5.96 Å². The normalized spacial score (nSPS) is 11.3. The molecule has 5 nitrogen and oxygen atoms in total. The molecule has 0 saturated carbocycles. The van der Waals surface area contributed by atoms with Crippen LogP contribution in [0.5, 0.6) is 0 Å². The summed E-state index contributed by atoms with van der Waals surface area (Å²) in [5.74, 6) is 0.847. The van der Waals surface area contributed by atoms with E-state index in [9.17, 15) is 0 Å². The molecule has 0 spiro atoms. The topological polar surface area (TPSA) is 52.6 Å². The summed E-state index contributed by atoms with van der Waals surface area (Å²) in [6.07, 6.45) is 3.61. The molecule has 1 heterocycles. The maximum Gasteiger partial charge on any atom is 0.191 e. The van der Waals surface area contributed by atoms with Crippen molar-refractivity contribution in [2.24, 2.45) is 4.99 Å². The van der Waals surface area contributed by atoms with Crippen LogP contribution in [0.3, 0.4) is 0 Å². The fourth-order valence-corrected chi connectivity index (χ4v) is 2.59. The highest BCUT2D eigenvalue weighted by molar-refractivity contribution is 6.29. The Balaban J connectivity index is 1.80. The van der Waals surface area contributed by atoms with Gasteiger partial charge in [-0.2, -0.15) is 0 Å². The first-order valence-electron chi connectivity index (χ1n) is 8.97. The standard InChI is InChI=1S/C20H28ClN5/c1-4-22-20(24-14-12-17-7-10-19(21)25-15-17)23-13-11-16-5-8-18(9-6-16)26(2)3/h5-10,15H,4,11-14H2,1-3H3,(H2,22,23,24). The van der Waals surface area contributed by atoms with Gasteiger partial charge in [-0.3, -0.25) is 4.99 Å². The molecule has 2 rings (SSSR count). The largest absolute Gasteiger partial charge is 0.378 e. The maximum absolute atomic E-state index is 5.81. The highest BCUT2D eigenvalue weighted by atomic mass is 35.5. The Morgan fingerprint density at radius 2 is 1.77 bits per heavy atom. The van der Waals surface area contributed by atoms with E-state index in [1.54, 1.807) is 0 Å². The van der Waals surface area contributed by atoms with Crippen molar-refractivity contribution in [3.05, 3.63) is 58.9 Å². The Kier molecular flexibility index (Phi) is 8.22. The molecule has 1 aromatic heterocycles. The molecule has 0 amide bonds. The van der Waals surface area contributed by atoms with Gasteiger partial charge in [-0.05, 0) is 49.1 Å². The summed E-state index contributed by atoms with van der Waals surface area (Å²) in [4.78, 5) is 10.9. The van der Waals surface area contributed by atoms with Gasteiger partial charge in [0.25, 0.3) is 0 Å². The molecule has 0 aliphatic heterocycles. The van der Waals surface area contributed by atoms with Gasteiger partial charge in [0.2, 0.25) is 0 Å². The molecular formula is C20H28ClN5. The van der Waals surface area contributed by atoms with E-state index < -0.39 is 0 Å². The van der Waals surface area contributed by atoms with E-state index >= 15 is 0 Å². The number of aromatic nitrogens is 1. The lowest BCUT2D eigenvalue weighted by Crippen LogP contribution is -2.38. The summed E-state index contributed by atoms with van der Waals surface area (Å²) in [6, 6.07) is 12.4. The summed E-state index contributed by atoms with van der Waals surface area (Å²) < 4.78 is 0. The Hall–Kier alpha value is -2.27. The Morgan fingerprint density at radius 1 is 1.04 bits per heavy atom. The van der Waals surface area contributed by atoms with Crippen molar-refractivity contribution in [1.29, 1.82) is 0 Å². The zero-order valence-electron chi connectivity index (χ0n) is 15.8. The molecule has 26 heavy (non-hydrogen) atoms. The van der Waals surface area contributed by atoms with Crippen LogP contribution in [0.25, 0.3) is 0 Å². The third-order valence-corrected chi connectivity index (χ3v) is 4.19. The van der Waals surface area contributed by atoms with Gasteiger partial charge in [0.1, 0.15) is 5.15 Å². The molecule has 140 valence electrons. The molecule has 1 aromatic carbocycles. The second kappa shape index (κ2) is 10.7. The minimum absolute atomic E-state index is 0.523. The van der Waals surface area contributed by atoms with Crippen molar-refractivity contribution in [2.75, 3.05) is 38.6 Å². The predicted molar refractivity (Wildman–Crippen MR) is 111 cm³/mol. The number of nitrogens with zero attached hydrogens (tertiary/aromatic N) is 3. The van der Waals surface area contributed by atoms with E-state index in [0.717, 1.165) is 44.0 Å². The zero-order chi connectivity index (χ0) is 18.8. The SMILES string of the molecule is CCNC(=NCCc1ccc(N(C)C)cc1)NCCc1ccc(Cl)nc1. The second-order valence-corrected chi connectivity index (χ2v) is 6.62. The van der Waals surface area contributed by atoms with Crippen LogP contribution in [0, 0.1) is 0 Å². The summed E-state index contributed by atoms with van der Waals surface area (Å²) in [5.41, 5.74) is 3.66. The van der Waals surface area contributed by atoms with Crippen LogP contribution in [-0.2, 0) is 12.8 Å². The van der Waals surface area contributed by atoms with Crippen LogP contribution in [0.1, 0.15) is 18.1 Å². The Morgan fingerprint density at radius 3 is 2.38 bits per heavy atom. The zero-order valence-corrected chi connectivity index (χ0v) is 16.6. The molecule has 0 aliphatic rings. The number of hydrogen-bond donors (Lipinski definition) is 2. The van der Waals surface area contributed by atoms with Crippen molar-refractivity contribution in [2.45, 2.75) is 19.8 Å². The first-order valence-corrected chi connectivity index (χ1v) is 9.35. The monoisotopic (exact) mass is 373 g/mol. The van der Waals surface area contributed by atoms with Crippen molar-refractivity contribution < 1.29 is 0 Å². The summed E-state index contributed by atoms with van der Waals surface area (Å²) in [6.45, 7) is 4.46. The number of pyridine rings is 1. The molecule has 6 heteroatoms. The molecule has 0 unspecified atom stereocenters. The smallest absolute Gasteiger partial charge is 0.191 e. The quantitative estimate of drug-likeness (QED) is 0.424. The van der Waals surface area contributed by atoms with Gasteiger partial charge in [-0.1, -0.05) is 29.8 Å². The maximum atomic E-state index is 5.81. The highest BCUT2D eigenvalue weighted by Gasteiger charge is 2.00. The van der Waals surface area contributed by atoms with E-state index in [0.29, 0.717) is 5.15 Å². The number of rotatable bonds is 8. The number of guanidine groups is 1. The van der Waals surface area contributed by atoms with E-state index in [1.165, 1.54) is 11.3 Å². The van der Waals surface area contributed by atoms with Gasteiger partial charge >= 0.3 is 0 Å². The fraction of sp³-hybridized carbons (Fsp3) is 0.400. The molecule has 0 fully saturated rings. The fourth-order valence-electron chi connectivity index (χ4n) is 2.48. The number of benzene rings is 1. The average Bonchev–Trinajstić information content (AvgIpc) is 2.64. The van der Waals surface area contributed by atoms with Gasteiger partial charge in [-0.25, -0.2) is 4.98 Å². The minimum atomic E-state index is 0.523. The third kappa shape index (κ3) is 6.92. The second-order valence-electron chi connectivity index (χ2n) is 6.24. The Labute approximate surface area is 161 Å². The first kappa shape index (κ1) is 20.0. The van der Waals surface area contributed by atoms with Crippen LogP contribution in [0.4, 0.5) is 5.69 Å². The van der Waals surface area contributed by atoms with Gasteiger partial charge in [-0.15, -0.1) is 0 Å². The molecule has 2 aromatic rings. The lowest BCUT2D eigenvalue weighted by atomic mass is 10.1. The van der Waals surface area contributed by atoms with Crippen molar-refractivity contribution in [3.8, 4) is 0 Å². The molecule has 0 radical (unpaired) electrons. The molecule has 0 aliphatic carbocycles. The molecule has 0 bridgehead atoms. The minimum Gasteiger partial charge on any atom is -0.378 e. The lowest BCUT2D eigenvalue weighted by Gasteiger charge is -2.13. The van der Waals surface area contributed by atoms with Crippen LogP contribution in [0.2, 0.25) is 5.15 Å². The molecule has 0 saturated heterocycles. The van der Waals surface area contributed by atoms with Gasteiger partial charge < -0.3 is 15.5 Å². The number of hydrogen-bond acceptors (Lipinski definition) is 3. The van der Waals surface area contributed by atoms with E-state index in [1.807, 2.05) is 32.4 Å². The van der Waals surface area contributed by atoms with Gasteiger partial charge in [0.05, 0.1) is 0 Å². The average molecular weight is 374 g/mol. The predicted octanol–water partition coefficient (Wildman–Crippen LogP) is 3.14. The molecular weight excluding hydrogens is 346 g/mol. The van der Waals surface area contributed by atoms with E-state index in [4.69, 9.17) is 11.6 Å². The highest BCUT2D eigenvalue weighted by Crippen LogP contribution is 2.12. The van der Waals surface area contributed by atoms with Crippen molar-refractivity contribution in [3.63, 3.8) is 0 Å². The Bertz CT molecular complexity index is 680. The number of anilines is 1. The third-order valence-electron chi connectivity index (χ3n) is 3.96. The molecule has 2 N–H and O–H groups in total. The number of aliphatic imine (C=N–C) groups is 1. The summed E-state index contributed by atoms with van der Waals surface area (Å²) in [5, 5.41) is 7.17. The first-order chi connectivity index (χ1) is 12.6. The lowest BCUT2D eigenvalue weighted by molar-refractivity contribution is 0.795. The van der Waals surface area contributed by atoms with Crippen molar-refractivity contribution >= 4 is 23.2 Å². The van der Waals surface area contributed by atoms with Crippen LogP contribution in [-0.4, -0.2) is 44.7 Å². The molecule has 0 atom stereocenters. The summed E-state index contributed by atoms with van der Waals surface area (Å²) >= 11 is 5.81. The number of halogens is 1. The van der Waals surface area contributed by atoms with Crippen LogP contribution < -0.4 is 15.5 Å². The van der Waals surface area contributed by atoms with E-state index in [-0.39, 0.29) is 0 Å². The van der Waals surface area contributed by atoms with Crippen LogP contribution in [0.15, 0.2) is 47.6 Å². The van der Waals surface area contributed by atoms with Crippen LogP contribution >= 0.6 is 11.6 Å². The van der Waals surface area contributed by atoms with E-state index in [2.05, 4.69) is 56.7 Å². The van der Waals surface area contributed by atoms with Crippen molar-refractivity contribution in [1.82, 2.24) is 15.6 Å². The number of nitrogens with one attached hydrogen (secondary N) is 2.